The first-order chi connectivity index (χ1) is 19.6. The molecule has 41 heavy (non-hydrogen) atoms. The molecular weight excluding hydrogens is 561 g/mol. The highest BCUT2D eigenvalue weighted by Crippen LogP contribution is 2.36. The zero-order chi connectivity index (χ0) is 29.4. The quantitative estimate of drug-likeness (QED) is 0.280. The number of carbonyl (C=O) groups is 2. The number of nitrogens with one attached hydrogen (secondary N) is 1. The second-order valence-corrected chi connectivity index (χ2v) is 11.0. The predicted octanol–water partition coefficient (Wildman–Crippen LogP) is 4.23. The van der Waals surface area contributed by atoms with E-state index in [9.17, 15) is 22.8 Å². The summed E-state index contributed by atoms with van der Waals surface area (Å²) in [4.78, 5) is 42.0. The molecule has 13 heteroatoms. The Hall–Kier alpha value is -3.58. The number of nitrogens with zero attached hydrogens (tertiary/aromatic N) is 3. The summed E-state index contributed by atoms with van der Waals surface area (Å²) in [6.07, 6.45) is 1.14. The van der Waals surface area contributed by atoms with Gasteiger partial charge in [0.15, 0.2) is 5.16 Å². The van der Waals surface area contributed by atoms with Crippen LogP contribution in [0.2, 0.25) is 0 Å². The van der Waals surface area contributed by atoms with Crippen LogP contribution in [0.15, 0.2) is 63.1 Å². The lowest BCUT2D eigenvalue weighted by Crippen LogP contribution is -2.42. The molecule has 1 fully saturated rings. The average Bonchev–Trinajstić information content (AvgIpc) is 3.44. The van der Waals surface area contributed by atoms with E-state index in [-0.39, 0.29) is 11.5 Å². The van der Waals surface area contributed by atoms with Crippen molar-refractivity contribution in [3.8, 4) is 0 Å². The first-order valence-electron chi connectivity index (χ1n) is 13.3. The Labute approximate surface area is 238 Å². The molecule has 220 valence electrons. The molecule has 0 atom stereocenters. The van der Waals surface area contributed by atoms with Crippen molar-refractivity contribution in [2.75, 3.05) is 13.1 Å². The molecule has 2 N–H and O–H groups in total. The number of benzene rings is 1. The van der Waals surface area contributed by atoms with E-state index in [1.54, 1.807) is 27.5 Å². The fourth-order valence-electron chi connectivity index (χ4n) is 4.31. The van der Waals surface area contributed by atoms with E-state index >= 15 is 0 Å². The number of carboxylic acids is 1. The van der Waals surface area contributed by atoms with Gasteiger partial charge in [-0.05, 0) is 30.5 Å². The number of amides is 1. The molecule has 0 radical (unpaired) electrons. The van der Waals surface area contributed by atoms with E-state index in [2.05, 4.69) is 17.4 Å². The maximum Gasteiger partial charge on any atom is 0.490 e. The zero-order valence-corrected chi connectivity index (χ0v) is 23.0. The number of rotatable bonds is 9. The number of fused-ring (bicyclic) bond motifs is 1. The molecule has 1 saturated carbocycles. The van der Waals surface area contributed by atoms with E-state index in [0.29, 0.717) is 49.8 Å². The van der Waals surface area contributed by atoms with Crippen molar-refractivity contribution in [3.05, 3.63) is 81.7 Å². The molecule has 0 saturated heterocycles. The second-order valence-electron chi connectivity index (χ2n) is 9.74. The Bertz CT molecular complexity index is 1380. The van der Waals surface area contributed by atoms with Gasteiger partial charge in [-0.15, -0.1) is 0 Å². The van der Waals surface area contributed by atoms with Gasteiger partial charge in [-0.2, -0.15) is 13.2 Å². The van der Waals surface area contributed by atoms with Gasteiger partial charge in [0.25, 0.3) is 5.56 Å². The minimum absolute atomic E-state index is 0.0528. The molecule has 3 heterocycles. The van der Waals surface area contributed by atoms with Crippen LogP contribution in [0.1, 0.15) is 48.3 Å². The first-order valence-corrected chi connectivity index (χ1v) is 14.1. The Morgan fingerprint density at radius 2 is 1.88 bits per heavy atom. The highest BCUT2D eigenvalue weighted by Gasteiger charge is 2.38. The summed E-state index contributed by atoms with van der Waals surface area (Å²) in [6.45, 7) is 2.63. The van der Waals surface area contributed by atoms with Crippen LogP contribution >= 0.6 is 11.8 Å². The summed E-state index contributed by atoms with van der Waals surface area (Å²) < 4.78 is 39.0. The molecular formula is C28H31F3N4O5S. The molecule has 5 rings (SSSR count). The van der Waals surface area contributed by atoms with Gasteiger partial charge in [-0.25, -0.2) is 9.78 Å². The third kappa shape index (κ3) is 8.46. The van der Waals surface area contributed by atoms with Gasteiger partial charge in [0.1, 0.15) is 5.76 Å². The summed E-state index contributed by atoms with van der Waals surface area (Å²) in [7, 11) is 0. The van der Waals surface area contributed by atoms with Crippen molar-refractivity contribution >= 4 is 23.6 Å². The van der Waals surface area contributed by atoms with Crippen LogP contribution < -0.4 is 10.9 Å². The molecule has 0 bridgehead atoms. The number of furan rings is 1. The van der Waals surface area contributed by atoms with Crippen LogP contribution in [0, 0.1) is 0 Å². The fraction of sp³-hybridized carbons (Fsp3) is 0.429. The lowest BCUT2D eigenvalue weighted by atomic mass is 10.0. The van der Waals surface area contributed by atoms with E-state index < -0.39 is 12.1 Å². The number of thioether (sulfide) groups is 1. The van der Waals surface area contributed by atoms with Crippen LogP contribution in [-0.2, 0) is 35.6 Å². The molecule has 0 spiro atoms. The van der Waals surface area contributed by atoms with E-state index in [1.807, 2.05) is 30.3 Å². The van der Waals surface area contributed by atoms with Crippen LogP contribution in [0.4, 0.5) is 13.2 Å². The van der Waals surface area contributed by atoms with Gasteiger partial charge in [-0.1, -0.05) is 48.5 Å². The number of hydrogen-bond donors (Lipinski definition) is 2. The van der Waals surface area contributed by atoms with Gasteiger partial charge in [0, 0.05) is 37.7 Å². The number of aliphatic carboxylic acids is 1. The minimum Gasteiger partial charge on any atom is -0.475 e. The van der Waals surface area contributed by atoms with Gasteiger partial charge in [-0.3, -0.25) is 14.2 Å². The van der Waals surface area contributed by atoms with Crippen molar-refractivity contribution in [2.24, 2.45) is 0 Å². The summed E-state index contributed by atoms with van der Waals surface area (Å²) in [5, 5.41) is 11.8. The summed E-state index contributed by atoms with van der Waals surface area (Å²) in [6, 6.07) is 13.8. The molecule has 3 aromatic rings. The molecule has 2 aliphatic rings. The molecule has 1 aromatic carbocycles. The van der Waals surface area contributed by atoms with Crippen LogP contribution in [0.3, 0.4) is 0 Å². The first kappa shape index (κ1) is 30.4. The minimum atomic E-state index is -5.08. The van der Waals surface area contributed by atoms with Crippen LogP contribution in [-0.4, -0.2) is 55.9 Å². The highest BCUT2D eigenvalue weighted by atomic mass is 32.2. The Morgan fingerprint density at radius 1 is 1.15 bits per heavy atom. The van der Waals surface area contributed by atoms with Crippen LogP contribution in [0.25, 0.3) is 0 Å². The summed E-state index contributed by atoms with van der Waals surface area (Å²) >= 11 is 1.71. The van der Waals surface area contributed by atoms with Crippen LogP contribution in [0.5, 0.6) is 0 Å². The smallest absolute Gasteiger partial charge is 0.475 e. The molecule has 1 aliphatic carbocycles. The fourth-order valence-corrected chi connectivity index (χ4v) is 5.62. The standard InChI is InChI=1S/C26H30N4O3S.C2HF3O2/c31-24(11-13-27-16-19-6-2-1-3-7-19)29-14-12-23-22(18-29)25(32)30(17-20-8-5-15-33-20)26(28-23)34-21-9-4-10-21;3-2(4,5)1(6)7/h1-3,5-8,15,21,27H,4,9-14,16-18H2;(H,6,7). The number of carboxylic acid groups (broad SMARTS) is 1. The topological polar surface area (TPSA) is 118 Å². The number of hydrogen-bond acceptors (Lipinski definition) is 7. The highest BCUT2D eigenvalue weighted by molar-refractivity contribution is 7.99. The Balaban J connectivity index is 0.000000493. The van der Waals surface area contributed by atoms with Crippen molar-refractivity contribution < 1.29 is 32.3 Å². The lowest BCUT2D eigenvalue weighted by molar-refractivity contribution is -0.192. The Morgan fingerprint density at radius 3 is 2.49 bits per heavy atom. The van der Waals surface area contributed by atoms with E-state index in [0.717, 1.165) is 23.2 Å². The molecule has 1 aliphatic heterocycles. The lowest BCUT2D eigenvalue weighted by Gasteiger charge is -2.30. The van der Waals surface area contributed by atoms with E-state index in [1.165, 1.54) is 24.8 Å². The van der Waals surface area contributed by atoms with Gasteiger partial charge in [0.2, 0.25) is 5.91 Å². The van der Waals surface area contributed by atoms with Crippen molar-refractivity contribution in [1.82, 2.24) is 19.8 Å². The molecule has 1 amide bonds. The largest absolute Gasteiger partial charge is 0.490 e. The van der Waals surface area contributed by atoms with Gasteiger partial charge < -0.3 is 19.7 Å². The van der Waals surface area contributed by atoms with E-state index in [4.69, 9.17) is 19.3 Å². The molecule has 0 unspecified atom stereocenters. The van der Waals surface area contributed by atoms with Gasteiger partial charge >= 0.3 is 12.1 Å². The normalized spacial score (nSPS) is 15.0. The maximum atomic E-state index is 13.6. The molecule has 2 aromatic heterocycles. The third-order valence-corrected chi connectivity index (χ3v) is 8.11. The SMILES string of the molecule is O=C(CCNCc1ccccc1)N1CCc2nc(SC3CCC3)n(Cc3ccco3)c(=O)c2C1.O=C(O)C(F)(F)F. The Kier molecular flexibility index (Phi) is 10.3. The monoisotopic (exact) mass is 592 g/mol. The van der Waals surface area contributed by atoms with Crippen molar-refractivity contribution in [2.45, 2.75) is 68.3 Å². The zero-order valence-electron chi connectivity index (χ0n) is 22.2. The number of halogens is 3. The maximum absolute atomic E-state index is 13.6. The molecule has 9 nitrogen and oxygen atoms in total. The average molecular weight is 593 g/mol. The second kappa shape index (κ2) is 13.9. The van der Waals surface area contributed by atoms with Gasteiger partial charge in [0.05, 0.1) is 30.6 Å². The van der Waals surface area contributed by atoms with Crippen molar-refractivity contribution in [3.63, 3.8) is 0 Å². The number of alkyl halides is 3. The predicted molar refractivity (Wildman–Crippen MR) is 145 cm³/mol. The number of aromatic nitrogens is 2. The summed E-state index contributed by atoms with van der Waals surface area (Å²) in [5.74, 6) is -1.96. The summed E-state index contributed by atoms with van der Waals surface area (Å²) in [5.41, 5.74) is 2.62. The third-order valence-electron chi connectivity index (χ3n) is 6.78. The van der Waals surface area contributed by atoms with Crippen molar-refractivity contribution in [1.29, 1.82) is 0 Å². The number of carbonyl (C=O) groups excluding carboxylic acids is 1.